The molecule has 0 saturated carbocycles. The highest BCUT2D eigenvalue weighted by molar-refractivity contribution is 7.99. The fourth-order valence-electron chi connectivity index (χ4n) is 3.55. The molecule has 1 N–H and O–H groups in total. The molecule has 6 nitrogen and oxygen atoms in total. The van der Waals surface area contributed by atoms with Crippen molar-refractivity contribution >= 4 is 45.0 Å². The predicted octanol–water partition coefficient (Wildman–Crippen LogP) is 5.40. The SMILES string of the molecule is N#Cc1ccccc1Sc1ccccc1C(=O)Nc1ccc(Cl)c(S(=O)(=O)N2CCCC2)c1. The Hall–Kier alpha value is -2.83. The summed E-state index contributed by atoms with van der Waals surface area (Å²) in [5, 5.41) is 12.3. The lowest BCUT2D eigenvalue weighted by atomic mass is 10.2. The average molecular weight is 498 g/mol. The van der Waals surface area contributed by atoms with E-state index in [1.807, 2.05) is 18.2 Å². The van der Waals surface area contributed by atoms with Crippen LogP contribution in [-0.2, 0) is 10.0 Å². The number of carbonyl (C=O) groups is 1. The van der Waals surface area contributed by atoms with Gasteiger partial charge in [0.15, 0.2) is 0 Å². The first-order valence-electron chi connectivity index (χ1n) is 10.3. The first kappa shape index (κ1) is 23.3. The standard InChI is InChI=1S/C24H20ClN3O3S2/c25-20-12-11-18(15-23(20)33(30,31)28-13-5-6-14-28)27-24(29)19-8-2-4-10-22(19)32-21-9-3-1-7-17(21)16-26/h1-4,7-12,15H,5-6,13-14H2,(H,27,29). The van der Waals surface area contributed by atoms with Gasteiger partial charge >= 0.3 is 0 Å². The number of sulfonamides is 1. The molecule has 3 aromatic rings. The van der Waals surface area contributed by atoms with E-state index in [4.69, 9.17) is 11.6 Å². The highest BCUT2D eigenvalue weighted by atomic mass is 35.5. The average Bonchev–Trinajstić information content (AvgIpc) is 3.37. The Kier molecular flexibility index (Phi) is 7.05. The summed E-state index contributed by atoms with van der Waals surface area (Å²) < 4.78 is 27.4. The molecule has 9 heteroatoms. The minimum Gasteiger partial charge on any atom is -0.322 e. The number of nitrogens with one attached hydrogen (secondary N) is 1. The van der Waals surface area contributed by atoms with E-state index in [-0.39, 0.29) is 15.8 Å². The molecular formula is C24H20ClN3O3S2. The number of carbonyl (C=O) groups excluding carboxylic acids is 1. The molecule has 0 spiro atoms. The van der Waals surface area contributed by atoms with Crippen molar-refractivity contribution in [3.8, 4) is 6.07 Å². The molecule has 0 aromatic heterocycles. The van der Waals surface area contributed by atoms with E-state index in [0.29, 0.717) is 34.8 Å². The molecule has 1 aliphatic heterocycles. The highest BCUT2D eigenvalue weighted by Gasteiger charge is 2.29. The molecule has 1 aliphatic rings. The van der Waals surface area contributed by atoms with Crippen molar-refractivity contribution in [2.45, 2.75) is 27.5 Å². The zero-order valence-corrected chi connectivity index (χ0v) is 19.9. The van der Waals surface area contributed by atoms with Crippen LogP contribution in [0.3, 0.4) is 0 Å². The van der Waals surface area contributed by atoms with Crippen LogP contribution in [-0.4, -0.2) is 31.7 Å². The minimum atomic E-state index is -3.73. The zero-order chi connectivity index (χ0) is 23.4. The van der Waals surface area contributed by atoms with Gasteiger partial charge in [-0.25, -0.2) is 8.42 Å². The Labute approximate surface area is 202 Å². The third kappa shape index (κ3) is 5.07. The monoisotopic (exact) mass is 497 g/mol. The fraction of sp³-hybridized carbons (Fsp3) is 0.167. The minimum absolute atomic E-state index is 0.0190. The van der Waals surface area contributed by atoms with Crippen molar-refractivity contribution in [2.75, 3.05) is 18.4 Å². The van der Waals surface area contributed by atoms with Crippen LogP contribution in [0.5, 0.6) is 0 Å². The van der Waals surface area contributed by atoms with Crippen LogP contribution in [0, 0.1) is 11.3 Å². The van der Waals surface area contributed by atoms with E-state index in [9.17, 15) is 18.5 Å². The maximum Gasteiger partial charge on any atom is 0.256 e. The lowest BCUT2D eigenvalue weighted by Gasteiger charge is -2.17. The lowest BCUT2D eigenvalue weighted by Crippen LogP contribution is -2.28. The van der Waals surface area contributed by atoms with Crippen LogP contribution in [0.1, 0.15) is 28.8 Å². The first-order valence-corrected chi connectivity index (χ1v) is 12.9. The number of benzene rings is 3. The first-order chi connectivity index (χ1) is 15.9. The van der Waals surface area contributed by atoms with Crippen LogP contribution in [0.25, 0.3) is 0 Å². The summed E-state index contributed by atoms with van der Waals surface area (Å²) in [6.07, 6.45) is 1.63. The summed E-state index contributed by atoms with van der Waals surface area (Å²) in [5.74, 6) is -0.389. The second-order valence-corrected chi connectivity index (χ2v) is 10.8. The molecule has 0 unspecified atom stereocenters. The molecule has 1 saturated heterocycles. The number of amides is 1. The summed E-state index contributed by atoms with van der Waals surface area (Å²) in [6.45, 7) is 0.925. The number of nitriles is 1. The van der Waals surface area contributed by atoms with Crippen molar-refractivity contribution < 1.29 is 13.2 Å². The van der Waals surface area contributed by atoms with Crippen molar-refractivity contribution in [1.82, 2.24) is 4.31 Å². The number of nitrogens with zero attached hydrogens (tertiary/aromatic N) is 2. The van der Waals surface area contributed by atoms with Gasteiger partial charge in [-0.1, -0.05) is 47.6 Å². The van der Waals surface area contributed by atoms with E-state index in [1.54, 1.807) is 36.4 Å². The van der Waals surface area contributed by atoms with Gasteiger partial charge in [0.1, 0.15) is 11.0 Å². The van der Waals surface area contributed by atoms with Gasteiger partial charge in [0.05, 0.1) is 16.1 Å². The van der Waals surface area contributed by atoms with Crippen LogP contribution in [0.2, 0.25) is 5.02 Å². The highest BCUT2D eigenvalue weighted by Crippen LogP contribution is 2.34. The van der Waals surface area contributed by atoms with Crippen molar-refractivity contribution in [1.29, 1.82) is 5.26 Å². The molecule has 0 aliphatic carbocycles. The van der Waals surface area contributed by atoms with E-state index in [1.165, 1.54) is 28.2 Å². The molecular weight excluding hydrogens is 478 g/mol. The smallest absolute Gasteiger partial charge is 0.256 e. The van der Waals surface area contributed by atoms with E-state index in [0.717, 1.165) is 17.7 Å². The summed E-state index contributed by atoms with van der Waals surface area (Å²) >= 11 is 7.53. The fourth-order valence-corrected chi connectivity index (χ4v) is 6.60. The Morgan fingerprint density at radius 3 is 2.39 bits per heavy atom. The Bertz CT molecular complexity index is 1350. The van der Waals surface area contributed by atoms with Crippen LogP contribution in [0.15, 0.2) is 81.4 Å². The summed E-state index contributed by atoms with van der Waals surface area (Å²) in [5.41, 5.74) is 1.26. The topological polar surface area (TPSA) is 90.3 Å². The van der Waals surface area contributed by atoms with Gasteiger partial charge in [0, 0.05) is 28.6 Å². The number of hydrogen-bond acceptors (Lipinski definition) is 5. The van der Waals surface area contributed by atoms with E-state index < -0.39 is 10.0 Å². The molecule has 168 valence electrons. The second kappa shape index (κ2) is 9.98. The van der Waals surface area contributed by atoms with Crippen LogP contribution < -0.4 is 5.32 Å². The molecule has 4 rings (SSSR count). The van der Waals surface area contributed by atoms with Crippen molar-refractivity contribution in [3.05, 3.63) is 82.9 Å². The molecule has 1 fully saturated rings. The number of halogens is 1. The zero-order valence-electron chi connectivity index (χ0n) is 17.5. The van der Waals surface area contributed by atoms with Gasteiger partial charge in [-0.05, 0) is 55.3 Å². The summed E-state index contributed by atoms with van der Waals surface area (Å²) in [4.78, 5) is 14.5. The van der Waals surface area contributed by atoms with Crippen molar-refractivity contribution in [3.63, 3.8) is 0 Å². The Morgan fingerprint density at radius 2 is 1.67 bits per heavy atom. The Morgan fingerprint density at radius 1 is 1.00 bits per heavy atom. The molecule has 1 amide bonds. The summed E-state index contributed by atoms with van der Waals surface area (Å²) in [6, 6.07) is 20.8. The Balaban J connectivity index is 1.60. The third-order valence-corrected chi connectivity index (χ3v) is 8.76. The number of hydrogen-bond donors (Lipinski definition) is 1. The normalized spacial score (nSPS) is 14.1. The van der Waals surface area contributed by atoms with Crippen LogP contribution >= 0.6 is 23.4 Å². The molecule has 1 heterocycles. The maximum atomic E-state index is 13.1. The molecule has 0 radical (unpaired) electrons. The third-order valence-electron chi connectivity index (χ3n) is 5.23. The molecule has 3 aromatic carbocycles. The maximum absolute atomic E-state index is 13.1. The van der Waals surface area contributed by atoms with Gasteiger partial charge in [-0.2, -0.15) is 9.57 Å². The van der Waals surface area contributed by atoms with Gasteiger partial charge in [0.2, 0.25) is 10.0 Å². The predicted molar refractivity (Wildman–Crippen MR) is 129 cm³/mol. The van der Waals surface area contributed by atoms with E-state index >= 15 is 0 Å². The van der Waals surface area contributed by atoms with Gasteiger partial charge in [-0.15, -0.1) is 0 Å². The largest absolute Gasteiger partial charge is 0.322 e. The van der Waals surface area contributed by atoms with Gasteiger partial charge < -0.3 is 5.32 Å². The summed E-state index contributed by atoms with van der Waals surface area (Å²) in [7, 11) is -3.73. The lowest BCUT2D eigenvalue weighted by molar-refractivity contribution is 0.102. The van der Waals surface area contributed by atoms with Gasteiger partial charge in [-0.3, -0.25) is 4.79 Å². The molecule has 0 bridgehead atoms. The second-order valence-electron chi connectivity index (χ2n) is 7.42. The molecule has 0 atom stereocenters. The quantitative estimate of drug-likeness (QED) is 0.492. The van der Waals surface area contributed by atoms with Crippen molar-refractivity contribution in [2.24, 2.45) is 0 Å². The van der Waals surface area contributed by atoms with Crippen LogP contribution in [0.4, 0.5) is 5.69 Å². The number of anilines is 1. The number of rotatable bonds is 6. The molecule has 33 heavy (non-hydrogen) atoms. The van der Waals surface area contributed by atoms with E-state index in [2.05, 4.69) is 11.4 Å². The van der Waals surface area contributed by atoms with Gasteiger partial charge in [0.25, 0.3) is 5.91 Å².